The van der Waals surface area contributed by atoms with Gasteiger partial charge in [0, 0.05) is 6.07 Å². The Morgan fingerprint density at radius 1 is 1.17 bits per heavy atom. The van der Waals surface area contributed by atoms with Gasteiger partial charge in [-0.15, -0.1) is 0 Å². The molecule has 0 atom stereocenters. The van der Waals surface area contributed by atoms with Crippen LogP contribution in [0.1, 0.15) is 11.3 Å². The minimum atomic E-state index is -0.417. The Kier molecular flexibility index (Phi) is 4.11. The largest absolute Gasteiger partial charge is 0.504 e. The fraction of sp³-hybridized carbons (Fsp3) is 0.0556. The number of rotatable bonds is 4. The van der Waals surface area contributed by atoms with Crippen molar-refractivity contribution in [3.05, 3.63) is 69.9 Å². The van der Waals surface area contributed by atoms with Gasteiger partial charge in [0.05, 0.1) is 28.6 Å². The predicted octanol–water partition coefficient (Wildman–Crippen LogP) is 4.03. The summed E-state index contributed by atoms with van der Waals surface area (Å²) in [6.07, 6.45) is 3.57. The number of pyridine rings is 1. The van der Waals surface area contributed by atoms with E-state index in [4.69, 9.17) is 4.74 Å². The predicted molar refractivity (Wildman–Crippen MR) is 92.0 cm³/mol. The van der Waals surface area contributed by atoms with Crippen LogP contribution in [0.3, 0.4) is 0 Å². The highest BCUT2D eigenvalue weighted by Gasteiger charge is 2.11. The molecule has 1 aromatic heterocycles. The van der Waals surface area contributed by atoms with E-state index in [1.54, 1.807) is 54.6 Å². The molecule has 0 spiro atoms. The van der Waals surface area contributed by atoms with Crippen LogP contribution < -0.4 is 4.74 Å². The van der Waals surface area contributed by atoms with Gasteiger partial charge in [0.2, 0.25) is 0 Å². The summed E-state index contributed by atoms with van der Waals surface area (Å²) in [5, 5.41) is 21.3. The van der Waals surface area contributed by atoms with Crippen molar-refractivity contribution < 1.29 is 14.8 Å². The smallest absolute Gasteiger partial charge is 0.278 e. The second-order valence-electron chi connectivity index (χ2n) is 5.10. The molecule has 0 radical (unpaired) electrons. The third-order valence-electron chi connectivity index (χ3n) is 3.58. The first-order chi connectivity index (χ1) is 11.6. The van der Waals surface area contributed by atoms with E-state index in [9.17, 15) is 15.2 Å². The molecule has 0 saturated carbocycles. The Bertz CT molecular complexity index is 951. The molecule has 6 heteroatoms. The molecule has 3 rings (SSSR count). The number of phenolic OH excluding ortho intramolecular Hbond substituents is 1. The average Bonchev–Trinajstić information content (AvgIpc) is 2.59. The lowest BCUT2D eigenvalue weighted by molar-refractivity contribution is -0.383. The first kappa shape index (κ1) is 15.5. The first-order valence-corrected chi connectivity index (χ1v) is 7.18. The summed E-state index contributed by atoms with van der Waals surface area (Å²) in [5.74, 6) is 0.463. The topological polar surface area (TPSA) is 85.5 Å². The number of methoxy groups -OCH3 is 1. The van der Waals surface area contributed by atoms with Crippen molar-refractivity contribution in [2.45, 2.75) is 0 Å². The fourth-order valence-corrected chi connectivity index (χ4v) is 2.40. The maximum atomic E-state index is 11.0. The van der Waals surface area contributed by atoms with Crippen molar-refractivity contribution in [1.82, 2.24) is 4.98 Å². The number of nitro benzene ring substituents is 1. The van der Waals surface area contributed by atoms with Gasteiger partial charge < -0.3 is 9.84 Å². The molecule has 1 heterocycles. The third-order valence-corrected chi connectivity index (χ3v) is 3.58. The van der Waals surface area contributed by atoms with Crippen LogP contribution in [0, 0.1) is 10.1 Å². The van der Waals surface area contributed by atoms with Crippen molar-refractivity contribution in [2.24, 2.45) is 0 Å². The summed E-state index contributed by atoms with van der Waals surface area (Å²) < 4.78 is 5.00. The third kappa shape index (κ3) is 3.03. The molecule has 0 bridgehead atoms. The zero-order valence-electron chi connectivity index (χ0n) is 12.8. The van der Waals surface area contributed by atoms with Crippen molar-refractivity contribution in [3.8, 4) is 11.5 Å². The van der Waals surface area contributed by atoms with E-state index >= 15 is 0 Å². The van der Waals surface area contributed by atoms with Crippen LogP contribution >= 0.6 is 0 Å². The number of fused-ring (bicyclic) bond motifs is 1. The number of nitrogens with zero attached hydrogens (tertiary/aromatic N) is 2. The van der Waals surface area contributed by atoms with E-state index in [0.717, 1.165) is 5.56 Å². The molecule has 1 N–H and O–H groups in total. The van der Waals surface area contributed by atoms with Gasteiger partial charge in [-0.25, -0.2) is 4.98 Å². The normalized spacial score (nSPS) is 11.0. The van der Waals surface area contributed by atoms with Crippen molar-refractivity contribution in [2.75, 3.05) is 7.11 Å². The highest BCUT2D eigenvalue weighted by Crippen LogP contribution is 2.27. The molecule has 24 heavy (non-hydrogen) atoms. The summed E-state index contributed by atoms with van der Waals surface area (Å²) in [7, 11) is 1.49. The standard InChI is InChI=1S/C18H14N2O4/c1-24-18-10-6-12(11-17(18)21)5-7-13-8-9-14-15(19-13)3-2-4-16(14)20(22)23/h2-11,21H,1H3. The van der Waals surface area contributed by atoms with E-state index in [1.165, 1.54) is 13.2 Å². The lowest BCUT2D eigenvalue weighted by atomic mass is 10.1. The Balaban J connectivity index is 1.93. The fourth-order valence-electron chi connectivity index (χ4n) is 2.40. The van der Waals surface area contributed by atoms with E-state index in [1.807, 2.05) is 0 Å². The zero-order chi connectivity index (χ0) is 17.1. The summed E-state index contributed by atoms with van der Waals surface area (Å²) in [5.41, 5.74) is 2.05. The molecule has 0 amide bonds. The Morgan fingerprint density at radius 3 is 2.71 bits per heavy atom. The number of aromatic nitrogens is 1. The summed E-state index contributed by atoms with van der Waals surface area (Å²) in [6, 6.07) is 13.3. The molecule has 2 aromatic carbocycles. The van der Waals surface area contributed by atoms with Gasteiger partial charge in [-0.1, -0.05) is 18.2 Å². The molecule has 0 fully saturated rings. The SMILES string of the molecule is COc1ccc(C=Cc2ccc3c([N+](=O)[O-])cccc3n2)cc1O. The molecule has 0 saturated heterocycles. The molecule has 0 aliphatic rings. The van der Waals surface area contributed by atoms with E-state index in [-0.39, 0.29) is 11.4 Å². The number of ether oxygens (including phenoxy) is 1. The van der Waals surface area contributed by atoms with E-state index < -0.39 is 4.92 Å². The lowest BCUT2D eigenvalue weighted by Crippen LogP contribution is -1.91. The lowest BCUT2D eigenvalue weighted by Gasteiger charge is -2.03. The van der Waals surface area contributed by atoms with Gasteiger partial charge in [0.25, 0.3) is 5.69 Å². The Morgan fingerprint density at radius 2 is 2.00 bits per heavy atom. The maximum Gasteiger partial charge on any atom is 0.278 e. The molecular weight excluding hydrogens is 308 g/mol. The van der Waals surface area contributed by atoms with Gasteiger partial charge in [-0.2, -0.15) is 0 Å². The Hall–Kier alpha value is -3.41. The number of phenols is 1. The van der Waals surface area contributed by atoms with Crippen LogP contribution in [0.25, 0.3) is 23.1 Å². The van der Waals surface area contributed by atoms with Crippen molar-refractivity contribution >= 4 is 28.7 Å². The first-order valence-electron chi connectivity index (χ1n) is 7.18. The second kappa shape index (κ2) is 6.37. The summed E-state index contributed by atoms with van der Waals surface area (Å²) in [4.78, 5) is 15.0. The van der Waals surface area contributed by atoms with Crippen LogP contribution in [0.15, 0.2) is 48.5 Å². The van der Waals surface area contributed by atoms with Crippen molar-refractivity contribution in [1.29, 1.82) is 0 Å². The van der Waals surface area contributed by atoms with E-state index in [2.05, 4.69) is 4.98 Å². The molecule has 0 aliphatic carbocycles. The van der Waals surface area contributed by atoms with Crippen LogP contribution in [0.4, 0.5) is 5.69 Å². The number of aromatic hydroxyl groups is 1. The highest BCUT2D eigenvalue weighted by atomic mass is 16.6. The van der Waals surface area contributed by atoms with Crippen LogP contribution in [0.5, 0.6) is 11.5 Å². The number of nitro groups is 1. The van der Waals surface area contributed by atoms with Crippen molar-refractivity contribution in [3.63, 3.8) is 0 Å². The minimum Gasteiger partial charge on any atom is -0.504 e. The van der Waals surface area contributed by atoms with Gasteiger partial charge >= 0.3 is 0 Å². The molecule has 0 aliphatic heterocycles. The van der Waals surface area contributed by atoms with Crippen LogP contribution in [-0.2, 0) is 0 Å². The number of hydrogen-bond donors (Lipinski definition) is 1. The van der Waals surface area contributed by atoms with Gasteiger partial charge in [0.15, 0.2) is 11.5 Å². The van der Waals surface area contributed by atoms with Gasteiger partial charge in [-0.05, 0) is 42.0 Å². The maximum absolute atomic E-state index is 11.0. The van der Waals surface area contributed by atoms with Gasteiger partial charge in [0.1, 0.15) is 0 Å². The monoisotopic (exact) mass is 322 g/mol. The highest BCUT2D eigenvalue weighted by molar-refractivity contribution is 5.89. The zero-order valence-corrected chi connectivity index (χ0v) is 12.8. The molecular formula is C18H14N2O4. The summed E-state index contributed by atoms with van der Waals surface area (Å²) >= 11 is 0. The number of hydrogen-bond acceptors (Lipinski definition) is 5. The van der Waals surface area contributed by atoms with E-state index in [0.29, 0.717) is 22.3 Å². The second-order valence-corrected chi connectivity index (χ2v) is 5.10. The molecule has 6 nitrogen and oxygen atoms in total. The van der Waals surface area contributed by atoms with Gasteiger partial charge in [-0.3, -0.25) is 10.1 Å². The molecule has 0 unspecified atom stereocenters. The summed E-state index contributed by atoms with van der Waals surface area (Å²) in [6.45, 7) is 0. The molecule has 3 aromatic rings. The molecule has 120 valence electrons. The Labute approximate surface area is 137 Å². The van der Waals surface area contributed by atoms with Crippen LogP contribution in [0.2, 0.25) is 0 Å². The minimum absolute atomic E-state index is 0.0376. The average molecular weight is 322 g/mol. The number of benzene rings is 2. The quantitative estimate of drug-likeness (QED) is 0.579. The van der Waals surface area contributed by atoms with Crippen LogP contribution in [-0.4, -0.2) is 22.1 Å². The number of non-ortho nitro benzene ring substituents is 1.